The Bertz CT molecular complexity index is 2680. The summed E-state index contributed by atoms with van der Waals surface area (Å²) in [7, 11) is -1.57. The molecule has 0 amide bonds. The Hall–Kier alpha value is -4.98. The molecule has 0 radical (unpaired) electrons. The first-order valence-electron chi connectivity index (χ1n) is 19.6. The van der Waals surface area contributed by atoms with E-state index in [0.717, 1.165) is 39.5 Å². The van der Waals surface area contributed by atoms with Crippen molar-refractivity contribution >= 4 is 59.0 Å². The largest absolute Gasteiger partial charge is 1.00 e. The molecular formula is C55H42Au2OP2+2. The Labute approximate surface area is 388 Å². The first-order valence-corrected chi connectivity index (χ1v) is 23.0. The molecule has 1 aliphatic carbocycles. The number of furan rings is 1. The van der Waals surface area contributed by atoms with Gasteiger partial charge in [-0.05, 0) is 77.7 Å². The van der Waals surface area contributed by atoms with Gasteiger partial charge in [0.25, 0.3) is 0 Å². The summed E-state index contributed by atoms with van der Waals surface area (Å²) in [4.78, 5) is 0. The van der Waals surface area contributed by atoms with E-state index in [2.05, 4.69) is 170 Å². The predicted octanol–water partition coefficient (Wildman–Crippen LogP) is 11.4. The number of rotatable bonds is 7. The zero-order valence-electron chi connectivity index (χ0n) is 32.8. The van der Waals surface area contributed by atoms with E-state index >= 15 is 0 Å². The van der Waals surface area contributed by atoms with Gasteiger partial charge in [0.1, 0.15) is 23.5 Å². The number of benzene rings is 8. The van der Waals surface area contributed by atoms with E-state index in [9.17, 15) is 0 Å². The fourth-order valence-corrected chi connectivity index (χ4v) is 13.9. The van der Waals surface area contributed by atoms with Crippen LogP contribution in [0.3, 0.4) is 0 Å². The summed E-state index contributed by atoms with van der Waals surface area (Å²) in [6.45, 7) is 0. The maximum absolute atomic E-state index is 7.12. The molecule has 0 spiro atoms. The van der Waals surface area contributed by atoms with Crippen molar-refractivity contribution in [3.8, 4) is 23.0 Å². The number of hydrogen-bond acceptors (Lipinski definition) is 1. The van der Waals surface area contributed by atoms with Crippen molar-refractivity contribution < 1.29 is 49.2 Å². The molecular weight excluding hydrogens is 1130 g/mol. The van der Waals surface area contributed by atoms with E-state index in [0.29, 0.717) is 0 Å². The minimum absolute atomic E-state index is 0. The number of para-hydroxylation sites is 1. The standard InChI is InChI=1S/C26H24P2.C15H9.C14H7O.2Au/c1-5-13-23(14-6-1)27(24-15-7-2-8-16-24)21-22-28(25-17-9-3-10-18-25)26-19-11-4-12-20-26;1-2-11-7-8-15-13(9-11)10-12-5-3-4-6-14(12)15;1-2-10-7-8-12-11-5-3-4-6-13(11)15-14(12)9-10;;/h1-20H,21-22H2;3-9H,10H2;3-9H;;/q;2*-1;2*+1/p+2. The molecule has 0 unspecified atom stereocenters. The average molecular weight is 1170 g/mol. The molecule has 60 heavy (non-hydrogen) atoms. The van der Waals surface area contributed by atoms with E-state index in [1.165, 1.54) is 55.8 Å². The minimum Gasteiger partial charge on any atom is -0.458 e. The molecule has 0 fully saturated rings. The summed E-state index contributed by atoms with van der Waals surface area (Å²) in [6.07, 6.45) is 17.7. The monoisotopic (exact) mass is 1170 g/mol. The smallest absolute Gasteiger partial charge is 0.458 e. The van der Waals surface area contributed by atoms with Crippen LogP contribution in [0, 0.1) is 24.7 Å². The van der Waals surface area contributed by atoms with Gasteiger partial charge in [-0.15, -0.1) is 29.3 Å². The second-order valence-corrected chi connectivity index (χ2v) is 19.4. The Balaban J connectivity index is 0.000000160. The van der Waals surface area contributed by atoms with Gasteiger partial charge in [0, 0.05) is 10.8 Å². The SMILES string of the molecule is [Au+].[Au+].[C-]#Cc1ccc2c(c1)Cc1ccccc1-2.[C-]#Cc1ccc2c(c1)oc1ccccc12.c1ccc([PH+](CC[PH+](c2ccccc2)c2ccccc2)c2ccccc2)cc1. The van der Waals surface area contributed by atoms with Crippen molar-refractivity contribution in [3.05, 3.63) is 241 Å². The second kappa shape index (κ2) is 22.0. The van der Waals surface area contributed by atoms with Crippen molar-refractivity contribution in [2.75, 3.05) is 12.3 Å². The van der Waals surface area contributed by atoms with Crippen LogP contribution >= 0.6 is 15.8 Å². The summed E-state index contributed by atoms with van der Waals surface area (Å²) < 4.78 is 5.67. The van der Waals surface area contributed by atoms with Gasteiger partial charge in [-0.25, -0.2) is 0 Å². The van der Waals surface area contributed by atoms with Gasteiger partial charge in [-0.3, -0.25) is 11.8 Å². The third kappa shape index (κ3) is 10.7. The Morgan fingerprint density at radius 2 is 0.817 bits per heavy atom. The first kappa shape index (κ1) is 44.6. The van der Waals surface area contributed by atoms with E-state index in [1.807, 2.05) is 48.5 Å². The molecule has 1 aliphatic rings. The van der Waals surface area contributed by atoms with Crippen LogP contribution in [-0.2, 0) is 51.2 Å². The third-order valence-corrected chi connectivity index (χ3v) is 16.7. The molecule has 0 aliphatic heterocycles. The second-order valence-electron chi connectivity index (χ2n) is 14.2. The van der Waals surface area contributed by atoms with Gasteiger partial charge in [0.05, 0.1) is 37.1 Å². The predicted molar refractivity (Wildman–Crippen MR) is 252 cm³/mol. The summed E-state index contributed by atoms with van der Waals surface area (Å²) in [6, 6.07) is 72.7. The Morgan fingerprint density at radius 3 is 1.35 bits per heavy atom. The molecule has 0 N–H and O–H groups in total. The van der Waals surface area contributed by atoms with Crippen LogP contribution in [0.15, 0.2) is 211 Å². The molecule has 5 heteroatoms. The summed E-state index contributed by atoms with van der Waals surface area (Å²) in [5.41, 5.74) is 8.64. The third-order valence-electron chi connectivity index (χ3n) is 10.6. The summed E-state index contributed by atoms with van der Waals surface area (Å²) >= 11 is 0. The molecule has 8 aromatic carbocycles. The van der Waals surface area contributed by atoms with E-state index in [1.54, 1.807) is 0 Å². The molecule has 1 heterocycles. The van der Waals surface area contributed by atoms with E-state index in [-0.39, 0.29) is 44.8 Å². The van der Waals surface area contributed by atoms with Crippen molar-refractivity contribution in [3.63, 3.8) is 0 Å². The number of hydrogen-bond donors (Lipinski definition) is 0. The van der Waals surface area contributed by atoms with Crippen molar-refractivity contribution in [1.82, 2.24) is 0 Å². The van der Waals surface area contributed by atoms with Gasteiger partial charge in [0.2, 0.25) is 0 Å². The van der Waals surface area contributed by atoms with Crippen LogP contribution in [0.5, 0.6) is 0 Å². The number of fused-ring (bicyclic) bond motifs is 6. The molecule has 10 rings (SSSR count). The molecule has 9 aromatic rings. The van der Waals surface area contributed by atoms with Crippen LogP contribution in [0.25, 0.3) is 33.1 Å². The Morgan fingerprint density at radius 1 is 0.400 bits per heavy atom. The molecule has 0 saturated carbocycles. The zero-order chi connectivity index (χ0) is 39.5. The Kier molecular flexibility index (Phi) is 16.4. The van der Waals surface area contributed by atoms with Crippen molar-refractivity contribution in [2.24, 2.45) is 0 Å². The first-order chi connectivity index (χ1) is 28.7. The maximum atomic E-state index is 7.12. The normalized spacial score (nSPS) is 10.7. The molecule has 0 atom stereocenters. The fourth-order valence-electron chi connectivity index (χ4n) is 7.74. The molecule has 298 valence electrons. The van der Waals surface area contributed by atoms with Crippen LogP contribution < -0.4 is 21.2 Å². The molecule has 1 nitrogen and oxygen atoms in total. The van der Waals surface area contributed by atoms with Gasteiger partial charge in [-0.1, -0.05) is 139 Å². The minimum atomic E-state index is -0.783. The molecule has 0 saturated heterocycles. The zero-order valence-corrected chi connectivity index (χ0v) is 39.1. The van der Waals surface area contributed by atoms with Gasteiger partial charge in [0.15, 0.2) is 0 Å². The van der Waals surface area contributed by atoms with Crippen molar-refractivity contribution in [2.45, 2.75) is 6.42 Å². The quantitative estimate of drug-likeness (QED) is 0.0671. The van der Waals surface area contributed by atoms with Gasteiger partial charge < -0.3 is 17.3 Å². The summed E-state index contributed by atoms with van der Waals surface area (Å²) in [5.74, 6) is 4.79. The van der Waals surface area contributed by atoms with Crippen molar-refractivity contribution in [1.29, 1.82) is 0 Å². The fraction of sp³-hybridized carbons (Fsp3) is 0.0545. The topological polar surface area (TPSA) is 13.1 Å². The van der Waals surface area contributed by atoms with Crippen LogP contribution in [0.2, 0.25) is 0 Å². The van der Waals surface area contributed by atoms with Crippen LogP contribution in [0.4, 0.5) is 0 Å². The van der Waals surface area contributed by atoms with Crippen LogP contribution in [-0.4, -0.2) is 12.3 Å². The van der Waals surface area contributed by atoms with E-state index < -0.39 is 15.8 Å². The van der Waals surface area contributed by atoms with Crippen LogP contribution in [0.1, 0.15) is 22.3 Å². The van der Waals surface area contributed by atoms with Gasteiger partial charge >= 0.3 is 44.8 Å². The molecule has 1 aromatic heterocycles. The average Bonchev–Trinajstić information content (AvgIpc) is 3.87. The van der Waals surface area contributed by atoms with E-state index in [4.69, 9.17) is 17.3 Å². The van der Waals surface area contributed by atoms with Gasteiger partial charge in [-0.2, -0.15) is 0 Å². The summed E-state index contributed by atoms with van der Waals surface area (Å²) in [5, 5.41) is 8.26. The molecule has 0 bridgehead atoms. The maximum Gasteiger partial charge on any atom is 1.00 e.